The van der Waals surface area contributed by atoms with Crippen LogP contribution in [0, 0.1) is 0 Å². The van der Waals surface area contributed by atoms with Crippen LogP contribution in [0.25, 0.3) is 0 Å². The molecule has 1 N–H and O–H groups in total. The van der Waals surface area contributed by atoms with E-state index in [9.17, 15) is 9.90 Å². The molecule has 0 spiro atoms. The molecule has 1 rings (SSSR count). The first kappa shape index (κ1) is 35.4. The molecule has 1 heterocycles. The van der Waals surface area contributed by atoms with Gasteiger partial charge < -0.3 is 9.84 Å². The number of carbonyl (C=O) groups is 1. The van der Waals surface area contributed by atoms with Crippen molar-refractivity contribution in [3.05, 3.63) is 0 Å². The molecular formula is C33H65NO4. The number of aliphatic hydroxyl groups is 1. The molecule has 0 bridgehead atoms. The van der Waals surface area contributed by atoms with E-state index in [0.717, 1.165) is 32.1 Å². The van der Waals surface area contributed by atoms with Gasteiger partial charge in [-0.2, -0.15) is 5.06 Å². The van der Waals surface area contributed by atoms with Gasteiger partial charge in [-0.1, -0.05) is 110 Å². The van der Waals surface area contributed by atoms with Crippen molar-refractivity contribution in [3.63, 3.8) is 0 Å². The highest BCUT2D eigenvalue weighted by Crippen LogP contribution is 2.40. The second kappa shape index (κ2) is 18.7. The lowest BCUT2D eigenvalue weighted by atomic mass is 9.80. The Morgan fingerprint density at radius 2 is 1.18 bits per heavy atom. The van der Waals surface area contributed by atoms with Crippen molar-refractivity contribution >= 4 is 5.97 Å². The molecule has 0 amide bonds. The van der Waals surface area contributed by atoms with Crippen LogP contribution in [-0.2, 0) is 14.4 Å². The Kier molecular flexibility index (Phi) is 17.4. The Morgan fingerprint density at radius 1 is 0.763 bits per heavy atom. The summed E-state index contributed by atoms with van der Waals surface area (Å²) in [5.74, 6) is -0.0588. The standard InChI is InChI=1S/C33H65NO4/c1-8-10-11-12-13-14-15-16-17-18-19-20-21-22-23-24-30(35)38-29-26-31(3,4)34(32(5,6)27-29)37-28-33(7,36)25-9-2/h29,36H,8-28H2,1-7H3. The summed E-state index contributed by atoms with van der Waals surface area (Å²) in [6, 6.07) is 0. The number of unbranched alkanes of at least 4 members (excludes halogenated alkanes) is 14. The van der Waals surface area contributed by atoms with Crippen LogP contribution in [0.15, 0.2) is 0 Å². The summed E-state index contributed by atoms with van der Waals surface area (Å²) in [7, 11) is 0. The zero-order valence-electron chi connectivity index (χ0n) is 26.5. The first-order chi connectivity index (χ1) is 17.9. The fraction of sp³-hybridized carbons (Fsp3) is 0.970. The van der Waals surface area contributed by atoms with Gasteiger partial charge in [0.25, 0.3) is 0 Å². The topological polar surface area (TPSA) is 59.0 Å². The number of rotatable bonds is 22. The summed E-state index contributed by atoms with van der Waals surface area (Å²) in [5, 5.41) is 12.6. The van der Waals surface area contributed by atoms with E-state index in [1.807, 2.05) is 12.0 Å². The van der Waals surface area contributed by atoms with E-state index in [1.54, 1.807) is 0 Å². The summed E-state index contributed by atoms with van der Waals surface area (Å²) in [5.41, 5.74) is -1.41. The second-order valence-electron chi connectivity index (χ2n) is 13.7. The van der Waals surface area contributed by atoms with Crippen molar-refractivity contribution < 1.29 is 19.5 Å². The van der Waals surface area contributed by atoms with Crippen LogP contribution >= 0.6 is 0 Å². The Bertz CT molecular complexity index is 598. The summed E-state index contributed by atoms with van der Waals surface area (Å²) < 4.78 is 5.94. The van der Waals surface area contributed by atoms with Gasteiger partial charge in [-0.15, -0.1) is 0 Å². The van der Waals surface area contributed by atoms with Crippen LogP contribution < -0.4 is 0 Å². The van der Waals surface area contributed by atoms with E-state index < -0.39 is 5.60 Å². The van der Waals surface area contributed by atoms with Crippen molar-refractivity contribution in [2.75, 3.05) is 6.61 Å². The van der Waals surface area contributed by atoms with Crippen molar-refractivity contribution in [2.45, 2.75) is 200 Å². The predicted octanol–water partition coefficient (Wildman–Crippen LogP) is 9.30. The maximum absolute atomic E-state index is 12.6. The lowest BCUT2D eigenvalue weighted by Gasteiger charge is -2.53. The van der Waals surface area contributed by atoms with Gasteiger partial charge in [-0.3, -0.25) is 9.63 Å². The van der Waals surface area contributed by atoms with Crippen LogP contribution in [0.1, 0.15) is 177 Å². The molecular weight excluding hydrogens is 474 g/mol. The zero-order valence-corrected chi connectivity index (χ0v) is 26.5. The Morgan fingerprint density at radius 3 is 1.61 bits per heavy atom. The molecule has 0 aromatic rings. The first-order valence-corrected chi connectivity index (χ1v) is 16.3. The smallest absolute Gasteiger partial charge is 0.306 e. The first-order valence-electron chi connectivity index (χ1n) is 16.3. The van der Waals surface area contributed by atoms with Gasteiger partial charge in [0, 0.05) is 30.3 Å². The Balaban J connectivity index is 2.16. The van der Waals surface area contributed by atoms with E-state index in [4.69, 9.17) is 9.57 Å². The number of ether oxygens (including phenoxy) is 1. The van der Waals surface area contributed by atoms with Crippen LogP contribution in [0.5, 0.6) is 0 Å². The molecule has 0 aromatic heterocycles. The number of piperidine rings is 1. The summed E-state index contributed by atoms with van der Waals surface area (Å²) >= 11 is 0. The van der Waals surface area contributed by atoms with Gasteiger partial charge in [0.1, 0.15) is 6.10 Å². The van der Waals surface area contributed by atoms with Gasteiger partial charge in [-0.25, -0.2) is 0 Å². The van der Waals surface area contributed by atoms with Crippen molar-refractivity contribution in [1.29, 1.82) is 0 Å². The fourth-order valence-electron chi connectivity index (χ4n) is 6.30. The highest BCUT2D eigenvalue weighted by molar-refractivity contribution is 5.69. The van der Waals surface area contributed by atoms with E-state index in [-0.39, 0.29) is 29.8 Å². The second-order valence-corrected chi connectivity index (χ2v) is 13.7. The Hall–Kier alpha value is -0.650. The normalized spacial score (nSPS) is 19.4. The molecule has 1 saturated heterocycles. The highest BCUT2D eigenvalue weighted by atomic mass is 16.7. The summed E-state index contributed by atoms with van der Waals surface area (Å²) in [6.07, 6.45) is 23.4. The van der Waals surface area contributed by atoms with Crippen LogP contribution in [0.4, 0.5) is 0 Å². The molecule has 5 nitrogen and oxygen atoms in total. The zero-order chi connectivity index (χ0) is 28.5. The molecule has 1 fully saturated rings. The number of hydrogen-bond donors (Lipinski definition) is 1. The van der Waals surface area contributed by atoms with Gasteiger partial charge in [0.15, 0.2) is 0 Å². The molecule has 0 saturated carbocycles. The lowest BCUT2D eigenvalue weighted by Crippen LogP contribution is -2.62. The molecule has 1 aliphatic rings. The average molecular weight is 540 g/mol. The minimum absolute atomic E-state index is 0.0588. The largest absolute Gasteiger partial charge is 0.462 e. The maximum Gasteiger partial charge on any atom is 0.306 e. The van der Waals surface area contributed by atoms with Crippen molar-refractivity contribution in [3.8, 4) is 0 Å². The predicted molar refractivity (Wildman–Crippen MR) is 160 cm³/mol. The lowest BCUT2D eigenvalue weighted by molar-refractivity contribution is -0.308. The van der Waals surface area contributed by atoms with E-state index in [2.05, 4.69) is 41.5 Å². The quantitative estimate of drug-likeness (QED) is 0.110. The monoisotopic (exact) mass is 539 g/mol. The molecule has 1 atom stereocenters. The third-order valence-corrected chi connectivity index (χ3v) is 8.13. The number of hydrogen-bond acceptors (Lipinski definition) is 5. The molecule has 226 valence electrons. The molecule has 5 heteroatoms. The Labute approximate surface area is 236 Å². The van der Waals surface area contributed by atoms with E-state index in [1.165, 1.54) is 83.5 Å². The van der Waals surface area contributed by atoms with Crippen molar-refractivity contribution in [1.82, 2.24) is 5.06 Å². The van der Waals surface area contributed by atoms with Crippen LogP contribution in [0.3, 0.4) is 0 Å². The minimum Gasteiger partial charge on any atom is -0.462 e. The SMILES string of the molecule is CCCCCCCCCCCCCCCCCC(=O)OC1CC(C)(C)N(OCC(C)(O)CCC)C(C)(C)C1. The maximum atomic E-state index is 12.6. The average Bonchev–Trinajstić information content (AvgIpc) is 2.79. The summed E-state index contributed by atoms with van der Waals surface area (Å²) in [6.45, 7) is 15.0. The van der Waals surface area contributed by atoms with Gasteiger partial charge in [-0.05, 0) is 47.5 Å². The van der Waals surface area contributed by atoms with E-state index >= 15 is 0 Å². The molecule has 0 radical (unpaired) electrons. The summed E-state index contributed by atoms with van der Waals surface area (Å²) in [4.78, 5) is 18.8. The van der Waals surface area contributed by atoms with Crippen molar-refractivity contribution in [2.24, 2.45) is 0 Å². The molecule has 0 aliphatic carbocycles. The third-order valence-electron chi connectivity index (χ3n) is 8.13. The van der Waals surface area contributed by atoms with Gasteiger partial charge in [0.2, 0.25) is 0 Å². The molecule has 1 aliphatic heterocycles. The van der Waals surface area contributed by atoms with Crippen LogP contribution in [-0.4, -0.2) is 45.5 Å². The van der Waals surface area contributed by atoms with Gasteiger partial charge in [0.05, 0.1) is 12.2 Å². The van der Waals surface area contributed by atoms with Crippen LogP contribution in [0.2, 0.25) is 0 Å². The minimum atomic E-state index is -0.836. The number of hydroxylamine groups is 2. The number of esters is 1. The number of carbonyl (C=O) groups excluding carboxylic acids is 1. The molecule has 0 aromatic carbocycles. The highest BCUT2D eigenvalue weighted by Gasteiger charge is 2.48. The molecule has 1 unspecified atom stereocenters. The molecule has 38 heavy (non-hydrogen) atoms. The van der Waals surface area contributed by atoms with E-state index in [0.29, 0.717) is 12.8 Å². The van der Waals surface area contributed by atoms with Gasteiger partial charge >= 0.3 is 5.97 Å². The number of nitrogens with zero attached hydrogens (tertiary/aromatic N) is 1. The fourth-order valence-corrected chi connectivity index (χ4v) is 6.30. The third kappa shape index (κ3) is 15.2.